The van der Waals surface area contributed by atoms with Crippen LogP contribution in [0.3, 0.4) is 0 Å². The predicted octanol–water partition coefficient (Wildman–Crippen LogP) is 4.57. The van der Waals surface area contributed by atoms with Gasteiger partial charge in [-0.15, -0.1) is 10.2 Å². The maximum absolute atomic E-state index is 14.0. The molecule has 5 nitrogen and oxygen atoms in total. The highest BCUT2D eigenvalue weighted by Gasteiger charge is 2.14. The van der Waals surface area contributed by atoms with Crippen LogP contribution in [0.1, 0.15) is 37.9 Å². The van der Waals surface area contributed by atoms with Crippen LogP contribution in [0.25, 0.3) is 5.69 Å². The Bertz CT molecular complexity index is 955. The van der Waals surface area contributed by atoms with E-state index < -0.39 is 0 Å². The molecule has 1 N–H and O–H groups in total. The molecule has 3 rings (SSSR count). The van der Waals surface area contributed by atoms with Gasteiger partial charge in [0.25, 0.3) is 0 Å². The zero-order valence-corrected chi connectivity index (χ0v) is 17.6. The van der Waals surface area contributed by atoms with Crippen LogP contribution in [0.5, 0.6) is 0 Å². The molecule has 0 bridgehead atoms. The lowest BCUT2D eigenvalue weighted by Gasteiger charge is -2.15. The lowest BCUT2D eigenvalue weighted by molar-refractivity contribution is -0.119. The summed E-state index contributed by atoms with van der Waals surface area (Å²) in [5.41, 5.74) is 2.71. The van der Waals surface area contributed by atoms with Crippen LogP contribution in [-0.4, -0.2) is 26.4 Å². The van der Waals surface area contributed by atoms with Gasteiger partial charge in [0, 0.05) is 0 Å². The second-order valence-corrected chi connectivity index (χ2v) is 8.29. The van der Waals surface area contributed by atoms with Crippen LogP contribution in [0.15, 0.2) is 60.0 Å². The highest BCUT2D eigenvalue weighted by Crippen LogP contribution is 2.22. The van der Waals surface area contributed by atoms with Gasteiger partial charge in [-0.3, -0.25) is 9.36 Å². The molecule has 1 amide bonds. The summed E-state index contributed by atoms with van der Waals surface area (Å²) in [6.07, 6.45) is 2.49. The molecule has 0 aliphatic heterocycles. The van der Waals surface area contributed by atoms with Gasteiger partial charge in [-0.25, -0.2) is 4.39 Å². The van der Waals surface area contributed by atoms with E-state index in [1.807, 2.05) is 6.92 Å². The van der Waals surface area contributed by atoms with Crippen molar-refractivity contribution < 1.29 is 9.18 Å². The zero-order chi connectivity index (χ0) is 20.8. The maximum atomic E-state index is 14.0. The number of benzene rings is 2. The summed E-state index contributed by atoms with van der Waals surface area (Å²) in [5, 5.41) is 11.3. The summed E-state index contributed by atoms with van der Waals surface area (Å²) < 4.78 is 15.6. The highest BCUT2D eigenvalue weighted by molar-refractivity contribution is 7.99. The second-order valence-electron chi connectivity index (χ2n) is 7.35. The Balaban J connectivity index is 1.57. The number of nitrogens with one attached hydrogen (secondary N) is 1. The van der Waals surface area contributed by atoms with Gasteiger partial charge in [-0.2, -0.15) is 0 Å². The summed E-state index contributed by atoms with van der Waals surface area (Å²) in [4.78, 5) is 12.4. The molecule has 7 heteroatoms. The molecule has 29 heavy (non-hydrogen) atoms. The molecule has 1 atom stereocenters. The number of hydrogen-bond acceptors (Lipinski definition) is 4. The minimum Gasteiger partial charge on any atom is -0.349 e. The number of rotatable bonds is 8. The lowest BCUT2D eigenvalue weighted by Crippen LogP contribution is -2.28. The molecule has 152 valence electrons. The van der Waals surface area contributed by atoms with E-state index >= 15 is 0 Å². The van der Waals surface area contributed by atoms with E-state index in [2.05, 4.69) is 53.6 Å². The molecule has 3 aromatic rings. The summed E-state index contributed by atoms with van der Waals surface area (Å²) in [6.45, 7) is 6.35. The van der Waals surface area contributed by atoms with E-state index in [1.54, 1.807) is 22.8 Å². The quantitative estimate of drug-likeness (QED) is 0.551. The van der Waals surface area contributed by atoms with E-state index in [0.29, 0.717) is 16.8 Å². The van der Waals surface area contributed by atoms with Gasteiger partial charge in [0.2, 0.25) is 5.91 Å². The van der Waals surface area contributed by atoms with E-state index in [9.17, 15) is 9.18 Å². The number of hydrogen-bond donors (Lipinski definition) is 1. The van der Waals surface area contributed by atoms with Crippen LogP contribution < -0.4 is 5.32 Å². The number of nitrogens with zero attached hydrogens (tertiary/aromatic N) is 3. The predicted molar refractivity (Wildman–Crippen MR) is 114 cm³/mol. The molecule has 1 aromatic heterocycles. The summed E-state index contributed by atoms with van der Waals surface area (Å²) >= 11 is 1.22. The monoisotopic (exact) mass is 412 g/mol. The molecule has 0 fully saturated rings. The van der Waals surface area contributed by atoms with Gasteiger partial charge in [-0.05, 0) is 42.5 Å². The van der Waals surface area contributed by atoms with Gasteiger partial charge in [0.1, 0.15) is 12.1 Å². The third-order valence-electron chi connectivity index (χ3n) is 4.46. The fraction of sp³-hybridized carbons (Fsp3) is 0.318. The van der Waals surface area contributed by atoms with Crippen LogP contribution in [0, 0.1) is 11.7 Å². The average molecular weight is 413 g/mol. The normalized spacial score (nSPS) is 12.2. The van der Waals surface area contributed by atoms with Crippen molar-refractivity contribution in [3.8, 4) is 5.69 Å². The summed E-state index contributed by atoms with van der Waals surface area (Å²) in [5.74, 6) is 0.300. The Morgan fingerprint density at radius 3 is 2.55 bits per heavy atom. The van der Waals surface area contributed by atoms with E-state index in [0.717, 1.165) is 12.0 Å². The van der Waals surface area contributed by atoms with Crippen molar-refractivity contribution in [2.45, 2.75) is 38.4 Å². The van der Waals surface area contributed by atoms with Gasteiger partial charge in [0.15, 0.2) is 5.16 Å². The molecule has 0 unspecified atom stereocenters. The molecule has 0 aliphatic carbocycles. The van der Waals surface area contributed by atoms with Crippen molar-refractivity contribution >= 4 is 17.7 Å². The minimum absolute atomic E-state index is 0.0966. The molecule has 0 radical (unpaired) electrons. The molecule has 0 spiro atoms. The maximum Gasteiger partial charge on any atom is 0.230 e. The average Bonchev–Trinajstić information content (AvgIpc) is 3.15. The fourth-order valence-electron chi connectivity index (χ4n) is 3.05. The van der Waals surface area contributed by atoms with Gasteiger partial charge >= 0.3 is 0 Å². The molecular weight excluding hydrogens is 387 g/mol. The van der Waals surface area contributed by atoms with E-state index in [4.69, 9.17) is 0 Å². The van der Waals surface area contributed by atoms with Crippen molar-refractivity contribution in [1.29, 1.82) is 0 Å². The van der Waals surface area contributed by atoms with E-state index in [-0.39, 0.29) is 23.5 Å². The van der Waals surface area contributed by atoms with Crippen LogP contribution >= 0.6 is 11.8 Å². The Morgan fingerprint density at radius 1 is 1.14 bits per heavy atom. The number of para-hydroxylation sites is 1. The molecule has 0 aliphatic rings. The molecule has 2 aromatic carbocycles. The Morgan fingerprint density at radius 2 is 1.86 bits per heavy atom. The van der Waals surface area contributed by atoms with Crippen molar-refractivity contribution in [2.75, 3.05) is 5.75 Å². The summed E-state index contributed by atoms with van der Waals surface area (Å²) in [6, 6.07) is 14.6. The Labute approximate surface area is 174 Å². The third kappa shape index (κ3) is 5.67. The molecule has 0 saturated carbocycles. The standard InChI is InChI=1S/C22H25FN4OS/c1-15(2)12-17-8-10-18(11-9-17)16(3)25-21(28)13-29-22-26-24-14-27(22)20-7-5-4-6-19(20)23/h4-11,14-16H,12-13H2,1-3H3,(H,25,28)/t16-/m0/s1. The first kappa shape index (κ1) is 21.0. The number of carbonyl (C=O) groups is 1. The minimum atomic E-state index is -0.367. The van der Waals surface area contributed by atoms with Gasteiger partial charge in [-0.1, -0.05) is 62.0 Å². The first-order valence-corrected chi connectivity index (χ1v) is 10.6. The van der Waals surface area contributed by atoms with Crippen molar-refractivity contribution in [3.05, 3.63) is 71.8 Å². The molecule has 0 saturated heterocycles. The number of thioether (sulfide) groups is 1. The smallest absolute Gasteiger partial charge is 0.230 e. The first-order chi connectivity index (χ1) is 13.9. The number of halogens is 1. The van der Waals surface area contributed by atoms with Crippen molar-refractivity contribution in [2.24, 2.45) is 5.92 Å². The second kappa shape index (κ2) is 9.69. The summed E-state index contributed by atoms with van der Waals surface area (Å²) in [7, 11) is 0. The third-order valence-corrected chi connectivity index (χ3v) is 5.41. The van der Waals surface area contributed by atoms with Crippen LogP contribution in [0.4, 0.5) is 4.39 Å². The van der Waals surface area contributed by atoms with Gasteiger partial charge in [0.05, 0.1) is 17.5 Å². The molecular formula is C22H25FN4OS. The number of amides is 1. The van der Waals surface area contributed by atoms with Gasteiger partial charge < -0.3 is 5.32 Å². The SMILES string of the molecule is CC(C)Cc1ccc([C@H](C)NC(=O)CSc2nncn2-c2ccccc2F)cc1. The van der Waals surface area contributed by atoms with Crippen LogP contribution in [-0.2, 0) is 11.2 Å². The van der Waals surface area contributed by atoms with Crippen LogP contribution in [0.2, 0.25) is 0 Å². The zero-order valence-electron chi connectivity index (χ0n) is 16.8. The number of aromatic nitrogens is 3. The topological polar surface area (TPSA) is 59.8 Å². The van der Waals surface area contributed by atoms with E-state index in [1.165, 1.54) is 29.7 Å². The highest BCUT2D eigenvalue weighted by atomic mass is 32.2. The Hall–Kier alpha value is -2.67. The van der Waals surface area contributed by atoms with Crippen molar-refractivity contribution in [1.82, 2.24) is 20.1 Å². The Kier molecular flexibility index (Phi) is 7.04. The van der Waals surface area contributed by atoms with Crippen molar-refractivity contribution in [3.63, 3.8) is 0 Å². The fourth-order valence-corrected chi connectivity index (χ4v) is 3.78. The number of carbonyl (C=O) groups excluding carboxylic acids is 1. The first-order valence-electron chi connectivity index (χ1n) is 9.60. The lowest BCUT2D eigenvalue weighted by atomic mass is 10.00. The molecule has 1 heterocycles. The largest absolute Gasteiger partial charge is 0.349 e.